The third kappa shape index (κ3) is 6.31. The first kappa shape index (κ1) is 29.8. The number of piperidine rings is 1. The molecule has 9 nitrogen and oxygen atoms in total. The number of alkyl halides is 3. The number of urea groups is 1. The minimum atomic E-state index is -4.66. The molecule has 4 aromatic rings. The highest BCUT2D eigenvalue weighted by atomic mass is 19.4. The first-order valence-corrected chi connectivity index (χ1v) is 14.7. The number of hydrogen-bond donors (Lipinski definition) is 3. The number of benzene rings is 2. The van der Waals surface area contributed by atoms with Gasteiger partial charge in [0.15, 0.2) is 0 Å². The quantitative estimate of drug-likeness (QED) is 0.225. The summed E-state index contributed by atoms with van der Waals surface area (Å²) < 4.78 is 54.2. The van der Waals surface area contributed by atoms with Crippen molar-refractivity contribution in [3.8, 4) is 17.2 Å². The van der Waals surface area contributed by atoms with Crippen molar-refractivity contribution in [3.05, 3.63) is 77.6 Å². The van der Waals surface area contributed by atoms with Crippen molar-refractivity contribution in [1.29, 1.82) is 0 Å². The molecule has 2 aromatic carbocycles. The van der Waals surface area contributed by atoms with E-state index in [1.54, 1.807) is 23.4 Å². The molecule has 0 radical (unpaired) electrons. The number of aliphatic hydroxyl groups is 1. The Balaban J connectivity index is 1.15. The molecule has 2 aliphatic rings. The smallest absolute Gasteiger partial charge is 0.420 e. The molecule has 2 amide bonds. The number of amides is 2. The Labute approximate surface area is 252 Å². The van der Waals surface area contributed by atoms with Gasteiger partial charge in [0.25, 0.3) is 0 Å². The second-order valence-corrected chi connectivity index (χ2v) is 11.2. The number of nitrogens with zero attached hydrogens (tertiary/aromatic N) is 3. The predicted octanol–water partition coefficient (Wildman–Crippen LogP) is 6.36. The van der Waals surface area contributed by atoms with Gasteiger partial charge in [-0.05, 0) is 79.8 Å². The third-order valence-electron chi connectivity index (χ3n) is 8.35. The molecular formula is C32H34F3N5O4. The van der Waals surface area contributed by atoms with Crippen LogP contribution in [0, 0.1) is 0 Å². The van der Waals surface area contributed by atoms with Gasteiger partial charge in [0.05, 0.1) is 23.6 Å². The molecule has 4 heterocycles. The van der Waals surface area contributed by atoms with Gasteiger partial charge in [0.2, 0.25) is 0 Å². The molecule has 0 unspecified atom stereocenters. The van der Waals surface area contributed by atoms with Crippen LogP contribution >= 0.6 is 0 Å². The van der Waals surface area contributed by atoms with E-state index in [1.807, 2.05) is 31.2 Å². The summed E-state index contributed by atoms with van der Waals surface area (Å²) in [5, 5.41) is 12.6. The van der Waals surface area contributed by atoms with Crippen LogP contribution in [0.3, 0.4) is 0 Å². The molecule has 0 spiro atoms. The van der Waals surface area contributed by atoms with E-state index in [-0.39, 0.29) is 30.2 Å². The lowest BCUT2D eigenvalue weighted by Gasteiger charge is -2.35. The number of carbonyl (C=O) groups excluding carboxylic acids is 1. The number of nitrogens with one attached hydrogen (secondary N) is 2. The number of H-pyrrole nitrogens is 1. The van der Waals surface area contributed by atoms with Gasteiger partial charge in [0.1, 0.15) is 29.0 Å². The van der Waals surface area contributed by atoms with E-state index in [4.69, 9.17) is 14.6 Å². The number of aliphatic hydroxyl groups excluding tert-OH is 1. The number of aromatic amines is 1. The van der Waals surface area contributed by atoms with Crippen LogP contribution in [-0.4, -0.2) is 69.8 Å². The number of β-amino-alcohol motifs (C(OH)–C–C–N with tert-alkyl or cyclic N) is 1. The Morgan fingerprint density at radius 2 is 1.91 bits per heavy atom. The van der Waals surface area contributed by atoms with Gasteiger partial charge in [-0.15, -0.1) is 0 Å². The molecule has 0 bridgehead atoms. The van der Waals surface area contributed by atoms with Gasteiger partial charge in [0, 0.05) is 44.3 Å². The highest BCUT2D eigenvalue weighted by molar-refractivity contribution is 5.90. The molecule has 2 aliphatic heterocycles. The van der Waals surface area contributed by atoms with E-state index in [2.05, 4.69) is 20.2 Å². The number of hydrogen-bond acceptors (Lipinski definition) is 6. The predicted molar refractivity (Wildman–Crippen MR) is 159 cm³/mol. The van der Waals surface area contributed by atoms with Crippen molar-refractivity contribution in [3.63, 3.8) is 0 Å². The summed E-state index contributed by atoms with van der Waals surface area (Å²) in [6, 6.07) is 12.3. The minimum absolute atomic E-state index is 0.0377. The second-order valence-electron chi connectivity index (χ2n) is 11.2. The van der Waals surface area contributed by atoms with Crippen LogP contribution in [-0.2, 0) is 12.6 Å². The fraction of sp³-hybridized carbons (Fsp3) is 0.375. The van der Waals surface area contributed by atoms with Gasteiger partial charge in [-0.25, -0.2) is 9.78 Å². The molecule has 44 heavy (non-hydrogen) atoms. The van der Waals surface area contributed by atoms with Crippen LogP contribution in [0.1, 0.15) is 42.5 Å². The van der Waals surface area contributed by atoms with Crippen molar-refractivity contribution >= 4 is 22.8 Å². The van der Waals surface area contributed by atoms with Crippen LogP contribution in [0.15, 0.2) is 60.9 Å². The number of pyridine rings is 1. The summed E-state index contributed by atoms with van der Waals surface area (Å²) in [6.07, 6.45) is 0.157. The fourth-order valence-corrected chi connectivity index (χ4v) is 5.98. The topological polar surface area (TPSA) is 103 Å². The standard InChI is InChI=1S/C32H34F3N5O4/c1-20-26-19-24(44-28-7-12-37-30-25(28)6-11-36-30)4-2-21(26)8-15-40(20)31(42)38-22-3-5-29(27(18-22)32(33,34)35)43-23-9-13-39(14-10-23)16-17-41/h2-7,11-12,18-20,23,41H,8-10,13-17H2,1H3,(H,36,37)(H,38,42)/t20-/m0/s1. The first-order chi connectivity index (χ1) is 21.2. The zero-order chi connectivity index (χ0) is 30.8. The molecule has 232 valence electrons. The summed E-state index contributed by atoms with van der Waals surface area (Å²) in [5.74, 6) is 1.00. The summed E-state index contributed by atoms with van der Waals surface area (Å²) in [6.45, 7) is 4.17. The van der Waals surface area contributed by atoms with Crippen molar-refractivity contribution in [2.45, 2.75) is 44.5 Å². The van der Waals surface area contributed by atoms with E-state index in [1.165, 1.54) is 12.1 Å². The number of fused-ring (bicyclic) bond motifs is 2. The number of likely N-dealkylation sites (tertiary alicyclic amines) is 1. The SMILES string of the molecule is C[C@H]1c2cc(Oc3ccnc4[nH]ccc34)ccc2CCN1C(=O)Nc1ccc(OC2CCN(CCO)CC2)c(C(F)(F)F)c1. The van der Waals surface area contributed by atoms with E-state index in [0.717, 1.165) is 22.6 Å². The second kappa shape index (κ2) is 12.4. The first-order valence-electron chi connectivity index (χ1n) is 14.7. The molecule has 3 N–H and O–H groups in total. The van der Waals surface area contributed by atoms with Crippen LogP contribution < -0.4 is 14.8 Å². The highest BCUT2D eigenvalue weighted by Crippen LogP contribution is 2.40. The van der Waals surface area contributed by atoms with E-state index >= 15 is 0 Å². The van der Waals surface area contributed by atoms with Gasteiger partial charge >= 0.3 is 12.2 Å². The third-order valence-corrected chi connectivity index (χ3v) is 8.35. The molecule has 0 saturated carbocycles. The lowest BCUT2D eigenvalue weighted by Crippen LogP contribution is -2.41. The summed E-state index contributed by atoms with van der Waals surface area (Å²) in [5.41, 5.74) is 1.81. The number of halogens is 3. The van der Waals surface area contributed by atoms with E-state index in [0.29, 0.717) is 62.6 Å². The van der Waals surface area contributed by atoms with Crippen LogP contribution in [0.5, 0.6) is 17.2 Å². The molecule has 0 aliphatic carbocycles. The average molecular weight is 610 g/mol. The highest BCUT2D eigenvalue weighted by Gasteiger charge is 2.36. The van der Waals surface area contributed by atoms with Gasteiger partial charge in [-0.1, -0.05) is 6.07 Å². The zero-order valence-electron chi connectivity index (χ0n) is 24.2. The Bertz CT molecular complexity index is 1630. The summed E-state index contributed by atoms with van der Waals surface area (Å²) in [7, 11) is 0. The van der Waals surface area contributed by atoms with E-state index in [9.17, 15) is 18.0 Å². The van der Waals surface area contributed by atoms with Gasteiger partial charge < -0.3 is 34.7 Å². The number of carbonyl (C=O) groups is 1. The Morgan fingerprint density at radius 1 is 1.09 bits per heavy atom. The molecule has 1 fully saturated rings. The number of rotatable bonds is 7. The Kier molecular flexibility index (Phi) is 8.37. The van der Waals surface area contributed by atoms with Crippen molar-refractivity contribution < 1.29 is 32.5 Å². The maximum Gasteiger partial charge on any atom is 0.420 e. The van der Waals surface area contributed by atoms with Crippen LogP contribution in [0.2, 0.25) is 0 Å². The number of ether oxygens (including phenoxy) is 2. The van der Waals surface area contributed by atoms with Crippen LogP contribution in [0.4, 0.5) is 23.7 Å². The van der Waals surface area contributed by atoms with Gasteiger partial charge in [-0.2, -0.15) is 13.2 Å². The molecule has 1 atom stereocenters. The van der Waals surface area contributed by atoms with Crippen molar-refractivity contribution in [2.75, 3.05) is 38.1 Å². The monoisotopic (exact) mass is 609 g/mol. The van der Waals surface area contributed by atoms with Crippen molar-refractivity contribution in [1.82, 2.24) is 19.8 Å². The molecule has 1 saturated heterocycles. The molecule has 2 aromatic heterocycles. The molecular weight excluding hydrogens is 575 g/mol. The Morgan fingerprint density at radius 3 is 2.68 bits per heavy atom. The van der Waals surface area contributed by atoms with Gasteiger partial charge in [-0.3, -0.25) is 0 Å². The summed E-state index contributed by atoms with van der Waals surface area (Å²) >= 11 is 0. The lowest BCUT2D eigenvalue weighted by molar-refractivity contribution is -0.139. The largest absolute Gasteiger partial charge is 0.490 e. The van der Waals surface area contributed by atoms with Crippen LogP contribution in [0.25, 0.3) is 11.0 Å². The maximum atomic E-state index is 14.1. The number of anilines is 1. The van der Waals surface area contributed by atoms with E-state index < -0.39 is 17.8 Å². The van der Waals surface area contributed by atoms with Crippen molar-refractivity contribution in [2.24, 2.45) is 0 Å². The normalized spacial score (nSPS) is 17.8. The zero-order valence-corrected chi connectivity index (χ0v) is 24.2. The Hall–Kier alpha value is -4.29. The molecule has 6 rings (SSSR count). The fourth-order valence-electron chi connectivity index (χ4n) is 5.98. The summed E-state index contributed by atoms with van der Waals surface area (Å²) in [4.78, 5) is 24.4. The maximum absolute atomic E-state index is 14.1. The molecule has 12 heteroatoms. The average Bonchev–Trinajstić information content (AvgIpc) is 3.49. The number of aromatic nitrogens is 2. The minimum Gasteiger partial charge on any atom is -0.490 e. The lowest BCUT2D eigenvalue weighted by atomic mass is 9.93.